The van der Waals surface area contributed by atoms with Crippen LogP contribution in [-0.2, 0) is 4.74 Å². The van der Waals surface area contributed by atoms with Gasteiger partial charge in [0, 0.05) is 12.1 Å². The first-order valence-electron chi connectivity index (χ1n) is 5.12. The van der Waals surface area contributed by atoms with E-state index < -0.39 is 28.8 Å². The highest BCUT2D eigenvalue weighted by Crippen LogP contribution is 2.21. The number of rotatable bonds is 2. The van der Waals surface area contributed by atoms with Gasteiger partial charge in [-0.15, -0.1) is 0 Å². The summed E-state index contributed by atoms with van der Waals surface area (Å²) in [6.45, 7) is 0.335. The molecule has 0 aliphatic carbocycles. The van der Waals surface area contributed by atoms with Gasteiger partial charge in [0.05, 0.1) is 12.2 Å². The van der Waals surface area contributed by atoms with Crippen molar-refractivity contribution in [2.75, 3.05) is 6.61 Å². The molecule has 1 aromatic rings. The zero-order valence-corrected chi connectivity index (χ0v) is 8.80. The van der Waals surface area contributed by atoms with Crippen molar-refractivity contribution < 1.29 is 22.7 Å². The monoisotopic (exact) mass is 242 g/mol. The summed E-state index contributed by atoms with van der Waals surface area (Å²) in [5.74, 6) is -4.47. The zero-order valence-electron chi connectivity index (χ0n) is 8.80. The molecule has 1 aliphatic rings. The first-order valence-corrected chi connectivity index (χ1v) is 5.12. The Bertz CT molecular complexity index is 472. The van der Waals surface area contributed by atoms with Gasteiger partial charge in [0.15, 0.2) is 5.76 Å². The summed E-state index contributed by atoms with van der Waals surface area (Å²) in [6.07, 6.45) is 2.85. The predicted molar refractivity (Wildman–Crippen MR) is 53.9 cm³/mol. The fourth-order valence-corrected chi connectivity index (χ4v) is 1.60. The average Bonchev–Trinajstić information content (AvgIpc) is 2.28. The highest BCUT2D eigenvalue weighted by molar-refractivity contribution is 6.07. The molecule has 1 aromatic carbocycles. The Balaban J connectivity index is 2.40. The van der Waals surface area contributed by atoms with Crippen molar-refractivity contribution in [3.05, 3.63) is 47.0 Å². The van der Waals surface area contributed by atoms with Crippen LogP contribution in [0, 0.1) is 17.5 Å². The van der Waals surface area contributed by atoms with Gasteiger partial charge in [-0.05, 0) is 18.9 Å². The number of allylic oxidation sites excluding steroid dienone is 2. The molecule has 90 valence electrons. The van der Waals surface area contributed by atoms with Crippen molar-refractivity contribution >= 4 is 5.78 Å². The maximum atomic E-state index is 13.3. The molecule has 0 saturated heterocycles. The maximum absolute atomic E-state index is 13.3. The highest BCUT2D eigenvalue weighted by atomic mass is 19.1. The minimum atomic E-state index is -1.22. The summed E-state index contributed by atoms with van der Waals surface area (Å²) in [6, 6.07) is 0.944. The number of carbonyl (C=O) groups excluding carboxylic acids is 1. The summed E-state index contributed by atoms with van der Waals surface area (Å²) in [5.41, 5.74) is -0.778. The van der Waals surface area contributed by atoms with E-state index in [4.69, 9.17) is 4.74 Å². The van der Waals surface area contributed by atoms with Crippen molar-refractivity contribution in [1.82, 2.24) is 0 Å². The fourth-order valence-electron chi connectivity index (χ4n) is 1.60. The summed E-state index contributed by atoms with van der Waals surface area (Å²) in [5, 5.41) is 0. The molecular formula is C12H9F3O2. The highest BCUT2D eigenvalue weighted by Gasteiger charge is 2.24. The van der Waals surface area contributed by atoms with Crippen molar-refractivity contribution in [3.63, 3.8) is 0 Å². The first-order chi connectivity index (χ1) is 8.09. The molecule has 1 aliphatic heterocycles. The SMILES string of the molecule is O=C(C1=CCCCO1)c1c(F)cc(F)cc1F. The van der Waals surface area contributed by atoms with Gasteiger partial charge in [0.25, 0.3) is 0 Å². The molecule has 0 bridgehead atoms. The van der Waals surface area contributed by atoms with Crippen molar-refractivity contribution in [2.45, 2.75) is 12.8 Å². The number of hydrogen-bond acceptors (Lipinski definition) is 2. The van der Waals surface area contributed by atoms with Crippen LogP contribution in [0.5, 0.6) is 0 Å². The van der Waals surface area contributed by atoms with Gasteiger partial charge in [-0.1, -0.05) is 0 Å². The number of Topliss-reactive ketones (excluding diaryl/α,β-unsaturated/α-hetero) is 1. The van der Waals surface area contributed by atoms with Crippen LogP contribution >= 0.6 is 0 Å². The molecule has 0 saturated carbocycles. The molecule has 0 N–H and O–H groups in total. The first kappa shape index (κ1) is 11.7. The summed E-state index contributed by atoms with van der Waals surface area (Å²) < 4.78 is 44.4. The van der Waals surface area contributed by atoms with Gasteiger partial charge in [-0.25, -0.2) is 13.2 Å². The van der Waals surface area contributed by atoms with Crippen LogP contribution in [0.2, 0.25) is 0 Å². The molecule has 2 rings (SSSR count). The molecule has 0 fully saturated rings. The molecule has 0 amide bonds. The van der Waals surface area contributed by atoms with Gasteiger partial charge < -0.3 is 4.74 Å². The minimum absolute atomic E-state index is 0.0827. The number of halogens is 3. The third kappa shape index (κ3) is 2.33. The lowest BCUT2D eigenvalue weighted by Crippen LogP contribution is -2.14. The molecule has 5 heteroatoms. The molecule has 0 atom stereocenters. The van der Waals surface area contributed by atoms with Crippen molar-refractivity contribution in [1.29, 1.82) is 0 Å². The number of carbonyl (C=O) groups is 1. The van der Waals surface area contributed by atoms with Crippen molar-refractivity contribution in [2.24, 2.45) is 0 Å². The summed E-state index contributed by atoms with van der Waals surface area (Å²) in [7, 11) is 0. The van der Waals surface area contributed by atoms with E-state index >= 15 is 0 Å². The Labute approximate surface area is 95.7 Å². The second-order valence-electron chi connectivity index (χ2n) is 3.63. The van der Waals surface area contributed by atoms with E-state index in [9.17, 15) is 18.0 Å². The van der Waals surface area contributed by atoms with E-state index in [0.717, 1.165) is 6.42 Å². The zero-order chi connectivity index (χ0) is 12.4. The second kappa shape index (κ2) is 4.61. The Hall–Kier alpha value is -1.78. The lowest BCUT2D eigenvalue weighted by Gasteiger charge is -2.14. The lowest BCUT2D eigenvalue weighted by molar-refractivity contribution is 0.0890. The van der Waals surface area contributed by atoms with Crippen LogP contribution in [0.3, 0.4) is 0 Å². The van der Waals surface area contributed by atoms with E-state index in [1.54, 1.807) is 0 Å². The lowest BCUT2D eigenvalue weighted by atomic mass is 10.1. The maximum Gasteiger partial charge on any atom is 0.233 e. The Kier molecular flexibility index (Phi) is 3.17. The van der Waals surface area contributed by atoms with Gasteiger partial charge >= 0.3 is 0 Å². The molecule has 0 spiro atoms. The van der Waals surface area contributed by atoms with Gasteiger partial charge in [-0.3, -0.25) is 4.79 Å². The van der Waals surface area contributed by atoms with E-state index in [2.05, 4.69) is 0 Å². The van der Waals surface area contributed by atoms with Crippen LogP contribution in [0.25, 0.3) is 0 Å². The van der Waals surface area contributed by atoms with E-state index in [1.165, 1.54) is 6.08 Å². The van der Waals surface area contributed by atoms with Gasteiger partial charge in [-0.2, -0.15) is 0 Å². The topological polar surface area (TPSA) is 26.3 Å². The minimum Gasteiger partial charge on any atom is -0.490 e. The second-order valence-corrected chi connectivity index (χ2v) is 3.63. The average molecular weight is 242 g/mol. The standard InChI is InChI=1S/C12H9F3O2/c13-7-5-8(14)11(9(15)6-7)12(16)10-3-1-2-4-17-10/h3,5-6H,1-2,4H2. The van der Waals surface area contributed by atoms with E-state index in [1.807, 2.05) is 0 Å². The molecule has 1 heterocycles. The van der Waals surface area contributed by atoms with Crippen LogP contribution < -0.4 is 0 Å². The Morgan fingerprint density at radius 2 is 1.82 bits per heavy atom. The van der Waals surface area contributed by atoms with Crippen LogP contribution in [0.4, 0.5) is 13.2 Å². The third-order valence-corrected chi connectivity index (χ3v) is 2.39. The predicted octanol–water partition coefficient (Wildman–Crippen LogP) is 2.98. The summed E-state index contributed by atoms with van der Waals surface area (Å²) in [4.78, 5) is 11.8. The quantitative estimate of drug-likeness (QED) is 0.745. The van der Waals surface area contributed by atoms with Crippen molar-refractivity contribution in [3.8, 4) is 0 Å². The normalized spacial score (nSPS) is 15.1. The fraction of sp³-hybridized carbons (Fsp3) is 0.250. The molecular weight excluding hydrogens is 233 g/mol. The van der Waals surface area contributed by atoms with Gasteiger partial charge in [0.1, 0.15) is 17.5 Å². The van der Waals surface area contributed by atoms with E-state index in [0.29, 0.717) is 25.2 Å². The smallest absolute Gasteiger partial charge is 0.233 e. The molecule has 0 aromatic heterocycles. The number of hydrogen-bond donors (Lipinski definition) is 0. The van der Waals surface area contributed by atoms with Crippen LogP contribution in [0.1, 0.15) is 23.2 Å². The number of ketones is 1. The number of benzene rings is 1. The van der Waals surface area contributed by atoms with Crippen LogP contribution in [0.15, 0.2) is 24.0 Å². The Morgan fingerprint density at radius 3 is 2.35 bits per heavy atom. The van der Waals surface area contributed by atoms with E-state index in [-0.39, 0.29) is 5.76 Å². The van der Waals surface area contributed by atoms with Crippen LogP contribution in [-0.4, -0.2) is 12.4 Å². The molecule has 0 unspecified atom stereocenters. The number of ether oxygens (including phenoxy) is 1. The van der Waals surface area contributed by atoms with Gasteiger partial charge in [0.2, 0.25) is 5.78 Å². The molecule has 2 nitrogen and oxygen atoms in total. The third-order valence-electron chi connectivity index (χ3n) is 2.39. The Morgan fingerprint density at radius 1 is 1.18 bits per heavy atom. The summed E-state index contributed by atoms with van der Waals surface area (Å²) >= 11 is 0. The molecule has 0 radical (unpaired) electrons. The largest absolute Gasteiger partial charge is 0.490 e. The molecule has 17 heavy (non-hydrogen) atoms.